The molecule has 0 amide bonds. The van der Waals surface area contributed by atoms with Gasteiger partial charge < -0.3 is 19.1 Å². The third-order valence-corrected chi connectivity index (χ3v) is 1.08. The van der Waals surface area contributed by atoms with E-state index >= 15 is 0 Å². The van der Waals surface area contributed by atoms with Crippen LogP contribution < -0.4 is 0 Å². The number of ether oxygens (including phenoxy) is 3. The van der Waals surface area contributed by atoms with Gasteiger partial charge in [0.05, 0.1) is 0 Å². The van der Waals surface area contributed by atoms with E-state index in [1.807, 2.05) is 0 Å². The maximum absolute atomic E-state index is 5.06. The Morgan fingerprint density at radius 1 is 1.17 bits per heavy atom. The van der Waals surface area contributed by atoms with Gasteiger partial charge in [0, 0.05) is 7.11 Å². The van der Waals surface area contributed by atoms with Crippen LogP contribution in [0.5, 0.6) is 0 Å². The second-order valence-electron chi connectivity index (χ2n) is 1.94. The van der Waals surface area contributed by atoms with Crippen LogP contribution in [0, 0.1) is 0 Å². The van der Waals surface area contributed by atoms with E-state index in [9.17, 15) is 0 Å². The maximum atomic E-state index is 5.06. The van der Waals surface area contributed by atoms with Crippen molar-refractivity contribution >= 4 is 0 Å². The van der Waals surface area contributed by atoms with Crippen LogP contribution in [0.4, 0.5) is 0 Å². The van der Waals surface area contributed by atoms with Crippen molar-refractivity contribution in [2.75, 3.05) is 27.4 Å². The molecule has 0 aliphatic heterocycles. The molecule has 0 fully saturated rings. The zero-order valence-electron chi connectivity index (χ0n) is 7.36. The highest BCUT2D eigenvalue weighted by Crippen LogP contribution is 1.89. The zero-order chi connectivity index (χ0) is 9.23. The van der Waals surface area contributed by atoms with Gasteiger partial charge in [0.25, 0.3) is 0 Å². The van der Waals surface area contributed by atoms with Gasteiger partial charge in [-0.05, 0) is 12.4 Å². The van der Waals surface area contributed by atoms with Crippen LogP contribution in [0.3, 0.4) is 0 Å². The summed E-state index contributed by atoms with van der Waals surface area (Å²) in [5.74, 6) is 0. The Kier molecular flexibility index (Phi) is 7.68. The first-order valence-electron chi connectivity index (χ1n) is 3.50. The van der Waals surface area contributed by atoms with E-state index in [2.05, 4.69) is 17.9 Å². The quantitative estimate of drug-likeness (QED) is 0.406. The van der Waals surface area contributed by atoms with Crippen LogP contribution in [-0.2, 0) is 14.2 Å². The fraction of sp³-hybridized carbons (Fsp3) is 0.500. The van der Waals surface area contributed by atoms with Gasteiger partial charge in [-0.25, -0.2) is 0 Å². The van der Waals surface area contributed by atoms with E-state index in [0.717, 1.165) is 0 Å². The summed E-state index contributed by atoms with van der Waals surface area (Å²) in [6.45, 7) is 7.94. The molecule has 0 rings (SSSR count). The molecule has 0 aliphatic rings. The Labute approximate surface area is 73.0 Å². The molecule has 0 radical (unpaired) electrons. The van der Waals surface area contributed by atoms with Crippen LogP contribution in [-0.4, -0.2) is 32.3 Å². The molecule has 0 bridgehead atoms. The van der Waals surface area contributed by atoms with Crippen molar-refractivity contribution in [3.63, 3.8) is 0 Å². The third-order valence-electron chi connectivity index (χ3n) is 1.08. The van der Waals surface area contributed by atoms with Crippen molar-refractivity contribution in [3.8, 4) is 0 Å². The lowest BCUT2D eigenvalue weighted by molar-refractivity contribution is -0.131. The monoisotopic (exact) mass is 173 g/mol. The smallest absolute Gasteiger partial charge is 0.151 e. The average Bonchev–Trinajstić information content (AvgIpc) is 2.11. The molecule has 70 valence electrons. The molecule has 4 heteroatoms. The second-order valence-corrected chi connectivity index (χ2v) is 1.94. The van der Waals surface area contributed by atoms with Crippen molar-refractivity contribution in [2.24, 2.45) is 0 Å². The zero-order valence-corrected chi connectivity index (χ0v) is 7.36. The van der Waals surface area contributed by atoms with Crippen molar-refractivity contribution in [1.82, 2.24) is 4.90 Å². The lowest BCUT2D eigenvalue weighted by Gasteiger charge is -2.13. The Morgan fingerprint density at radius 3 is 2.33 bits per heavy atom. The molecule has 0 saturated heterocycles. The van der Waals surface area contributed by atoms with E-state index in [0.29, 0.717) is 6.73 Å². The van der Waals surface area contributed by atoms with Gasteiger partial charge in [-0.1, -0.05) is 13.2 Å². The number of methoxy groups -OCH3 is 1. The van der Waals surface area contributed by atoms with E-state index in [-0.39, 0.29) is 13.6 Å². The van der Waals surface area contributed by atoms with Gasteiger partial charge in [-0.2, -0.15) is 0 Å². The van der Waals surface area contributed by atoms with Gasteiger partial charge in [0.15, 0.2) is 6.79 Å². The molecule has 0 saturated carbocycles. The van der Waals surface area contributed by atoms with E-state index in [1.165, 1.54) is 0 Å². The SMILES string of the molecule is C=CN(C=C)COCOCOC. The first-order chi connectivity index (χ1) is 5.85. The molecule has 0 spiro atoms. The molecular formula is C8H15NO3. The lowest BCUT2D eigenvalue weighted by Crippen LogP contribution is -2.15. The van der Waals surface area contributed by atoms with Crippen molar-refractivity contribution in [1.29, 1.82) is 0 Å². The van der Waals surface area contributed by atoms with Crippen molar-refractivity contribution in [3.05, 3.63) is 25.6 Å². The standard InChI is InChI=1S/C8H15NO3/c1-4-9(5-2)6-11-8-12-7-10-3/h4-5H,1-2,6-8H2,3H3. The van der Waals surface area contributed by atoms with Crippen LogP contribution >= 0.6 is 0 Å². The normalized spacial score (nSPS) is 9.42. The number of hydrogen-bond acceptors (Lipinski definition) is 4. The first-order valence-corrected chi connectivity index (χ1v) is 3.50. The molecule has 12 heavy (non-hydrogen) atoms. The molecule has 0 heterocycles. The highest BCUT2D eigenvalue weighted by molar-refractivity contribution is 4.77. The molecule has 0 atom stereocenters. The summed E-state index contributed by atoms with van der Waals surface area (Å²) in [6, 6.07) is 0. The lowest BCUT2D eigenvalue weighted by atomic mass is 10.7. The van der Waals surface area contributed by atoms with Gasteiger partial charge in [0.1, 0.15) is 13.5 Å². The van der Waals surface area contributed by atoms with Gasteiger partial charge in [0.2, 0.25) is 0 Å². The Morgan fingerprint density at radius 2 is 1.83 bits per heavy atom. The largest absolute Gasteiger partial charge is 0.359 e. The summed E-state index contributed by atoms with van der Waals surface area (Å²) in [5, 5.41) is 0. The highest BCUT2D eigenvalue weighted by Gasteiger charge is 1.91. The summed E-state index contributed by atoms with van der Waals surface area (Å²) in [5.41, 5.74) is 0. The van der Waals surface area contributed by atoms with Gasteiger partial charge in [-0.3, -0.25) is 0 Å². The fourth-order valence-corrected chi connectivity index (χ4v) is 0.499. The Bertz CT molecular complexity index is 119. The predicted molar refractivity (Wildman–Crippen MR) is 46.0 cm³/mol. The molecule has 0 aromatic heterocycles. The van der Waals surface area contributed by atoms with Crippen LogP contribution in [0.15, 0.2) is 25.6 Å². The minimum atomic E-state index is 0.200. The van der Waals surface area contributed by atoms with Gasteiger partial charge in [-0.15, -0.1) is 0 Å². The van der Waals surface area contributed by atoms with Crippen LogP contribution in [0.1, 0.15) is 0 Å². The molecule has 0 unspecified atom stereocenters. The second kappa shape index (κ2) is 8.26. The summed E-state index contributed by atoms with van der Waals surface area (Å²) in [4.78, 5) is 1.69. The highest BCUT2D eigenvalue weighted by atomic mass is 16.7. The van der Waals surface area contributed by atoms with Crippen molar-refractivity contribution < 1.29 is 14.2 Å². The Balaban J connectivity index is 3.17. The molecular weight excluding hydrogens is 158 g/mol. The number of hydrogen-bond donors (Lipinski definition) is 0. The molecule has 0 N–H and O–H groups in total. The van der Waals surface area contributed by atoms with Crippen LogP contribution in [0.2, 0.25) is 0 Å². The number of rotatable bonds is 8. The molecule has 0 aromatic carbocycles. The fourth-order valence-electron chi connectivity index (χ4n) is 0.499. The molecule has 0 aliphatic carbocycles. The summed E-state index contributed by atoms with van der Waals surface area (Å²) < 4.78 is 14.6. The molecule has 4 nitrogen and oxygen atoms in total. The molecule has 0 aromatic rings. The van der Waals surface area contributed by atoms with Crippen molar-refractivity contribution in [2.45, 2.75) is 0 Å². The first kappa shape index (κ1) is 11.2. The van der Waals surface area contributed by atoms with E-state index < -0.39 is 0 Å². The summed E-state index contributed by atoms with van der Waals surface area (Å²) in [7, 11) is 1.56. The Hall–Kier alpha value is -0.840. The average molecular weight is 173 g/mol. The van der Waals surface area contributed by atoms with E-state index in [4.69, 9.17) is 9.47 Å². The number of nitrogens with zero attached hydrogens (tertiary/aromatic N) is 1. The summed E-state index contributed by atoms with van der Waals surface area (Å²) in [6.07, 6.45) is 3.23. The summed E-state index contributed by atoms with van der Waals surface area (Å²) >= 11 is 0. The predicted octanol–water partition coefficient (Wildman–Crippen LogP) is 1.13. The topological polar surface area (TPSA) is 30.9 Å². The van der Waals surface area contributed by atoms with Crippen LogP contribution in [0.25, 0.3) is 0 Å². The minimum Gasteiger partial charge on any atom is -0.359 e. The third kappa shape index (κ3) is 5.91. The van der Waals surface area contributed by atoms with Gasteiger partial charge >= 0.3 is 0 Å². The van der Waals surface area contributed by atoms with E-state index in [1.54, 1.807) is 24.4 Å². The maximum Gasteiger partial charge on any atom is 0.151 e. The minimum absolute atomic E-state index is 0.200.